The van der Waals surface area contributed by atoms with E-state index in [1.54, 1.807) is 12.1 Å². The molecular weight excluding hydrogens is 292 g/mol. The van der Waals surface area contributed by atoms with Crippen molar-refractivity contribution in [1.82, 2.24) is 0 Å². The van der Waals surface area contributed by atoms with Gasteiger partial charge >= 0.3 is 5.63 Å². The summed E-state index contributed by atoms with van der Waals surface area (Å²) in [6.07, 6.45) is 7.76. The van der Waals surface area contributed by atoms with Crippen LogP contribution >= 0.6 is 0 Å². The van der Waals surface area contributed by atoms with Crippen LogP contribution in [0.15, 0.2) is 45.1 Å². The van der Waals surface area contributed by atoms with Gasteiger partial charge in [-0.25, -0.2) is 4.79 Å². The van der Waals surface area contributed by atoms with Gasteiger partial charge in [0.05, 0.1) is 10.9 Å². The minimum absolute atomic E-state index is 0.0730. The van der Waals surface area contributed by atoms with Crippen molar-refractivity contribution in [3.63, 3.8) is 0 Å². The third kappa shape index (κ3) is 3.02. The van der Waals surface area contributed by atoms with E-state index in [0.717, 1.165) is 12.8 Å². The lowest BCUT2D eigenvalue weighted by Crippen LogP contribution is -2.31. The van der Waals surface area contributed by atoms with Crippen molar-refractivity contribution in [2.45, 2.75) is 39.2 Å². The van der Waals surface area contributed by atoms with E-state index in [9.17, 15) is 9.90 Å². The first-order valence-corrected chi connectivity index (χ1v) is 7.69. The molecule has 23 heavy (non-hydrogen) atoms. The van der Waals surface area contributed by atoms with E-state index in [4.69, 9.17) is 9.15 Å². The Labute approximate surface area is 134 Å². The maximum absolute atomic E-state index is 11.4. The molecule has 0 radical (unpaired) electrons. The van der Waals surface area contributed by atoms with E-state index in [1.165, 1.54) is 11.6 Å². The van der Waals surface area contributed by atoms with E-state index in [-0.39, 0.29) is 5.75 Å². The van der Waals surface area contributed by atoms with Crippen LogP contribution in [-0.4, -0.2) is 10.7 Å². The predicted octanol–water partition coefficient (Wildman–Crippen LogP) is 4.41. The van der Waals surface area contributed by atoms with E-state index in [1.807, 2.05) is 19.1 Å². The second-order valence-electron chi connectivity index (χ2n) is 6.37. The van der Waals surface area contributed by atoms with Crippen LogP contribution in [0.25, 0.3) is 17.0 Å². The van der Waals surface area contributed by atoms with Crippen molar-refractivity contribution in [2.24, 2.45) is 0 Å². The summed E-state index contributed by atoms with van der Waals surface area (Å²) in [5.74, 6) is 0.607. The van der Waals surface area contributed by atoms with Crippen LogP contribution in [0.1, 0.15) is 39.2 Å². The molecule has 0 spiro atoms. The molecule has 1 N–H and O–H groups in total. The fraction of sp³-hybridized carbons (Fsp3) is 0.316. The smallest absolute Gasteiger partial charge is 0.336 e. The Hall–Kier alpha value is -2.49. The van der Waals surface area contributed by atoms with Crippen molar-refractivity contribution in [3.05, 3.63) is 51.9 Å². The molecule has 120 valence electrons. The Bertz CT molecular complexity index is 869. The normalized spacial score (nSPS) is 19.3. The number of rotatable bonds is 3. The number of phenolic OH excluding ortho intramolecular Hbond substituents is 1. The number of allylic oxidation sites excluding steroid dienone is 2. The molecule has 1 aromatic carbocycles. The summed E-state index contributed by atoms with van der Waals surface area (Å²) in [5.41, 5.74) is 1.32. The molecule has 1 aromatic heterocycles. The lowest BCUT2D eigenvalue weighted by molar-refractivity contribution is 0.128. The zero-order valence-corrected chi connectivity index (χ0v) is 13.6. The van der Waals surface area contributed by atoms with Crippen molar-refractivity contribution >= 4 is 17.0 Å². The number of fused-ring (bicyclic) bond motifs is 2. The van der Waals surface area contributed by atoms with Gasteiger partial charge in [0.15, 0.2) is 0 Å². The number of hydrogen-bond acceptors (Lipinski definition) is 4. The molecule has 0 saturated carbocycles. The van der Waals surface area contributed by atoms with Crippen LogP contribution in [-0.2, 0) is 0 Å². The summed E-state index contributed by atoms with van der Waals surface area (Å²) >= 11 is 0. The van der Waals surface area contributed by atoms with Crippen LogP contribution in [0.5, 0.6) is 11.5 Å². The third-order valence-corrected chi connectivity index (χ3v) is 4.04. The summed E-state index contributed by atoms with van der Waals surface area (Å²) in [6.45, 7) is 6.15. The van der Waals surface area contributed by atoms with Gasteiger partial charge in [0.2, 0.25) is 0 Å². The Balaban J connectivity index is 1.99. The SMILES string of the molecule is CC(C)=CCC[C@]1(C)C=Cc2c(cc3oc(=O)ccc3c2O)O1. The van der Waals surface area contributed by atoms with Crippen LogP contribution in [0.3, 0.4) is 0 Å². The number of aromatic hydroxyl groups is 1. The van der Waals surface area contributed by atoms with Gasteiger partial charge in [-0.05, 0) is 51.8 Å². The molecular formula is C19H20O4. The largest absolute Gasteiger partial charge is 0.506 e. The molecule has 3 rings (SSSR count). The van der Waals surface area contributed by atoms with Crippen molar-refractivity contribution < 1.29 is 14.3 Å². The number of phenols is 1. The Kier molecular flexibility index (Phi) is 3.76. The standard InChI is InChI=1S/C19H20O4/c1-12(2)5-4-9-19(3)10-8-14-16(23-19)11-15-13(18(14)21)6-7-17(20)22-15/h5-8,10-11,21H,4,9H2,1-3H3/t19-/m1/s1. The molecule has 2 heterocycles. The Morgan fingerprint density at radius 2 is 2.13 bits per heavy atom. The fourth-order valence-corrected chi connectivity index (χ4v) is 2.76. The maximum atomic E-state index is 11.4. The van der Waals surface area contributed by atoms with Gasteiger partial charge in [-0.2, -0.15) is 0 Å². The maximum Gasteiger partial charge on any atom is 0.336 e. The summed E-state index contributed by atoms with van der Waals surface area (Å²) in [7, 11) is 0. The molecule has 0 bridgehead atoms. The molecule has 0 amide bonds. The first kappa shape index (κ1) is 15.4. The molecule has 0 fully saturated rings. The Morgan fingerprint density at radius 3 is 2.87 bits per heavy atom. The predicted molar refractivity (Wildman–Crippen MR) is 90.9 cm³/mol. The summed E-state index contributed by atoms with van der Waals surface area (Å²) < 4.78 is 11.3. The van der Waals surface area contributed by atoms with Crippen molar-refractivity contribution in [2.75, 3.05) is 0 Å². The molecule has 0 aliphatic carbocycles. The number of hydrogen-bond donors (Lipinski definition) is 1. The highest BCUT2D eigenvalue weighted by Gasteiger charge is 2.29. The summed E-state index contributed by atoms with van der Waals surface area (Å²) in [6, 6.07) is 4.53. The molecule has 4 heteroatoms. The molecule has 1 aliphatic heterocycles. The highest BCUT2D eigenvalue weighted by molar-refractivity contribution is 5.90. The number of benzene rings is 1. The molecule has 0 saturated heterocycles. The van der Waals surface area contributed by atoms with Gasteiger partial charge in [-0.1, -0.05) is 11.6 Å². The molecule has 2 aromatic rings. The minimum atomic E-state index is -0.450. The van der Waals surface area contributed by atoms with Crippen LogP contribution in [0.2, 0.25) is 0 Å². The zero-order chi connectivity index (χ0) is 16.6. The third-order valence-electron chi connectivity index (χ3n) is 4.04. The summed E-state index contributed by atoms with van der Waals surface area (Å²) in [5, 5.41) is 10.9. The molecule has 0 unspecified atom stereocenters. The second kappa shape index (κ2) is 5.61. The van der Waals surface area contributed by atoms with Crippen molar-refractivity contribution in [1.29, 1.82) is 0 Å². The topological polar surface area (TPSA) is 59.7 Å². The monoisotopic (exact) mass is 312 g/mol. The minimum Gasteiger partial charge on any atom is -0.506 e. The molecule has 4 nitrogen and oxygen atoms in total. The molecule has 1 aliphatic rings. The average molecular weight is 312 g/mol. The van der Waals surface area contributed by atoms with Gasteiger partial charge in [-0.3, -0.25) is 0 Å². The first-order valence-electron chi connectivity index (χ1n) is 7.69. The van der Waals surface area contributed by atoms with Gasteiger partial charge < -0.3 is 14.3 Å². The first-order chi connectivity index (χ1) is 10.9. The van der Waals surface area contributed by atoms with E-state index in [0.29, 0.717) is 22.3 Å². The van der Waals surface area contributed by atoms with E-state index in [2.05, 4.69) is 19.9 Å². The Morgan fingerprint density at radius 1 is 1.35 bits per heavy atom. The second-order valence-corrected chi connectivity index (χ2v) is 6.37. The van der Waals surface area contributed by atoms with Gasteiger partial charge in [0.1, 0.15) is 22.7 Å². The van der Waals surface area contributed by atoms with Gasteiger partial charge in [0.25, 0.3) is 0 Å². The van der Waals surface area contributed by atoms with Crippen LogP contribution in [0, 0.1) is 0 Å². The fourth-order valence-electron chi connectivity index (χ4n) is 2.76. The van der Waals surface area contributed by atoms with Crippen LogP contribution < -0.4 is 10.4 Å². The lowest BCUT2D eigenvalue weighted by Gasteiger charge is -2.31. The van der Waals surface area contributed by atoms with E-state index < -0.39 is 11.2 Å². The average Bonchev–Trinajstić information content (AvgIpc) is 2.46. The lowest BCUT2D eigenvalue weighted by atomic mass is 9.94. The highest BCUT2D eigenvalue weighted by Crippen LogP contribution is 2.42. The zero-order valence-electron chi connectivity index (χ0n) is 13.6. The van der Waals surface area contributed by atoms with E-state index >= 15 is 0 Å². The van der Waals surface area contributed by atoms with Gasteiger partial charge in [-0.15, -0.1) is 0 Å². The van der Waals surface area contributed by atoms with Crippen LogP contribution in [0.4, 0.5) is 0 Å². The summed E-state index contributed by atoms with van der Waals surface area (Å²) in [4.78, 5) is 11.4. The highest BCUT2D eigenvalue weighted by atomic mass is 16.5. The quantitative estimate of drug-likeness (QED) is 0.673. The molecule has 1 atom stereocenters. The number of ether oxygens (including phenoxy) is 1. The van der Waals surface area contributed by atoms with Gasteiger partial charge in [0, 0.05) is 12.1 Å². The van der Waals surface area contributed by atoms with Crippen molar-refractivity contribution in [3.8, 4) is 11.5 Å².